The summed E-state index contributed by atoms with van der Waals surface area (Å²) in [6.45, 7) is 4.32. The number of hydrogen-bond acceptors (Lipinski definition) is 3. The summed E-state index contributed by atoms with van der Waals surface area (Å²) in [6, 6.07) is 0. The first-order valence-corrected chi connectivity index (χ1v) is 5.02. The van der Waals surface area contributed by atoms with E-state index in [2.05, 4.69) is 36.2 Å². The van der Waals surface area contributed by atoms with Gasteiger partial charge >= 0.3 is 8.07 Å². The summed E-state index contributed by atoms with van der Waals surface area (Å²) in [5.74, 6) is 0. The average molecular weight is 216 g/mol. The van der Waals surface area contributed by atoms with Crippen LogP contribution in [0.25, 0.3) is 0 Å². The van der Waals surface area contributed by atoms with Crippen LogP contribution in [0.3, 0.4) is 0 Å². The first-order chi connectivity index (χ1) is 5.83. The van der Waals surface area contributed by atoms with Crippen molar-refractivity contribution in [3.05, 3.63) is 12.4 Å². The summed E-state index contributed by atoms with van der Waals surface area (Å²) in [4.78, 5) is 4.41. The molecular weight excluding hydrogens is 204 g/mol. The molecule has 0 atom stereocenters. The van der Waals surface area contributed by atoms with Crippen molar-refractivity contribution in [1.29, 1.82) is 0 Å². The largest absolute Gasteiger partial charge is 0.591 e. The molecule has 0 bridgehead atoms. The van der Waals surface area contributed by atoms with Crippen molar-refractivity contribution in [1.82, 2.24) is 9.80 Å². The highest BCUT2D eigenvalue weighted by molar-refractivity contribution is 7.47. The van der Waals surface area contributed by atoms with Gasteiger partial charge in [0, 0.05) is 26.0 Å². The third-order valence-corrected chi connectivity index (χ3v) is 1.34. The Morgan fingerprint density at radius 1 is 1.38 bits per heavy atom. The molecule has 0 saturated carbocycles. The molecule has 13 heavy (non-hydrogen) atoms. The van der Waals surface area contributed by atoms with Crippen molar-refractivity contribution in [2.24, 2.45) is 0 Å². The first kappa shape index (κ1) is 12.4. The molecule has 0 amide bonds. The van der Waals surface area contributed by atoms with Crippen molar-refractivity contribution in [2.75, 3.05) is 20.3 Å². The van der Waals surface area contributed by atoms with Crippen molar-refractivity contribution in [2.45, 2.75) is 6.92 Å². The Balaban J connectivity index is 0.000000252. The molecule has 0 unspecified atom stereocenters. The topological polar surface area (TPSA) is 23.6 Å². The number of hydrogen-bond donors (Lipinski definition) is 0. The van der Waals surface area contributed by atoms with Crippen LogP contribution in [0.5, 0.6) is 0 Å². The predicted octanol–water partition coefficient (Wildman–Crippen LogP) is 2.69. The first-order valence-electron chi connectivity index (χ1n) is 3.64. The number of rotatable bonds is 1. The van der Waals surface area contributed by atoms with Crippen LogP contribution in [-0.4, -0.2) is 30.1 Å². The standard InChI is InChI=1S/C6H12N2.F3OP/c1-3-8-5-4-7(2)6-8;1-5(2,3)4/h4-5H,3,6H2,1-2H3;. The van der Waals surface area contributed by atoms with Crippen LogP contribution < -0.4 is 0 Å². The van der Waals surface area contributed by atoms with Crippen molar-refractivity contribution >= 4 is 8.07 Å². The Labute approximate surface area is 75.5 Å². The van der Waals surface area contributed by atoms with Crippen LogP contribution in [-0.2, 0) is 4.57 Å². The molecule has 0 aromatic carbocycles. The van der Waals surface area contributed by atoms with Gasteiger partial charge in [0.25, 0.3) is 0 Å². The van der Waals surface area contributed by atoms with Gasteiger partial charge in [-0.25, -0.2) is 4.57 Å². The van der Waals surface area contributed by atoms with Gasteiger partial charge in [-0.3, -0.25) is 0 Å². The van der Waals surface area contributed by atoms with E-state index in [9.17, 15) is 12.6 Å². The van der Waals surface area contributed by atoms with E-state index in [-0.39, 0.29) is 0 Å². The third kappa shape index (κ3) is 9.27. The van der Waals surface area contributed by atoms with Gasteiger partial charge in [0.05, 0.1) is 6.67 Å². The molecule has 0 radical (unpaired) electrons. The van der Waals surface area contributed by atoms with Gasteiger partial charge in [0.15, 0.2) is 0 Å². The summed E-state index contributed by atoms with van der Waals surface area (Å²) >= 11 is 0. The molecule has 1 heterocycles. The highest BCUT2D eigenvalue weighted by Gasteiger charge is 2.13. The Kier molecular flexibility index (Phi) is 4.91. The van der Waals surface area contributed by atoms with E-state index in [1.807, 2.05) is 0 Å². The van der Waals surface area contributed by atoms with Crippen LogP contribution in [0.1, 0.15) is 6.92 Å². The molecular formula is C6H12F3N2OP. The fourth-order valence-corrected chi connectivity index (χ4v) is 0.794. The zero-order valence-electron chi connectivity index (χ0n) is 7.45. The van der Waals surface area contributed by atoms with Crippen LogP contribution in [0, 0.1) is 0 Å². The molecule has 78 valence electrons. The molecule has 0 spiro atoms. The zero-order chi connectivity index (χ0) is 10.5. The molecule has 0 saturated heterocycles. The minimum Gasteiger partial charge on any atom is -0.362 e. The second-order valence-corrected chi connectivity index (χ2v) is 3.30. The Bertz CT molecular complexity index is 210. The minimum absolute atomic E-state index is 1.05. The van der Waals surface area contributed by atoms with E-state index in [0.717, 1.165) is 13.2 Å². The number of halogens is 3. The molecule has 0 fully saturated rings. The second kappa shape index (κ2) is 5.17. The molecule has 7 heteroatoms. The highest BCUT2D eigenvalue weighted by atomic mass is 31.3. The molecule has 1 rings (SSSR count). The quantitative estimate of drug-likeness (QED) is 0.629. The summed E-state index contributed by atoms with van der Waals surface area (Å²) in [6.07, 6.45) is 4.20. The molecule has 0 N–H and O–H groups in total. The lowest BCUT2D eigenvalue weighted by Gasteiger charge is -2.14. The molecule has 0 aliphatic carbocycles. The smallest absolute Gasteiger partial charge is 0.362 e. The summed E-state index contributed by atoms with van der Waals surface area (Å²) in [5, 5.41) is 0. The van der Waals surface area contributed by atoms with Crippen LogP contribution in [0.2, 0.25) is 0 Å². The normalized spacial score (nSPS) is 15.8. The Hall–Kier alpha value is -0.640. The van der Waals surface area contributed by atoms with E-state index in [0.29, 0.717) is 0 Å². The van der Waals surface area contributed by atoms with Gasteiger partial charge in [-0.2, -0.15) is 0 Å². The van der Waals surface area contributed by atoms with Crippen molar-refractivity contribution in [3.63, 3.8) is 0 Å². The van der Waals surface area contributed by atoms with E-state index >= 15 is 0 Å². The number of nitrogens with zero attached hydrogens (tertiary/aromatic N) is 2. The van der Waals surface area contributed by atoms with Crippen LogP contribution in [0.15, 0.2) is 12.4 Å². The third-order valence-electron chi connectivity index (χ3n) is 1.34. The van der Waals surface area contributed by atoms with Crippen molar-refractivity contribution in [3.8, 4) is 0 Å². The lowest BCUT2D eigenvalue weighted by atomic mass is 10.6. The van der Waals surface area contributed by atoms with E-state index in [1.165, 1.54) is 0 Å². The Morgan fingerprint density at radius 2 is 1.85 bits per heavy atom. The molecule has 0 aromatic rings. The minimum atomic E-state index is -6.14. The maximum Gasteiger partial charge on any atom is 0.591 e. The monoisotopic (exact) mass is 216 g/mol. The molecule has 0 aromatic heterocycles. The van der Waals surface area contributed by atoms with Gasteiger partial charge in [0.1, 0.15) is 0 Å². The van der Waals surface area contributed by atoms with Gasteiger partial charge in [-0.15, -0.1) is 12.6 Å². The van der Waals surface area contributed by atoms with Crippen LogP contribution >= 0.6 is 8.07 Å². The summed E-state index contributed by atoms with van der Waals surface area (Å²) < 4.78 is 37.9. The van der Waals surface area contributed by atoms with E-state index < -0.39 is 8.07 Å². The highest BCUT2D eigenvalue weighted by Crippen LogP contribution is 2.50. The molecule has 1 aliphatic rings. The summed E-state index contributed by atoms with van der Waals surface area (Å²) in [7, 11) is -4.06. The SMILES string of the molecule is CCN1C=CN(C)C1.O=P(F)(F)F. The molecule has 3 nitrogen and oxygen atoms in total. The lowest BCUT2D eigenvalue weighted by molar-refractivity contribution is 0.308. The zero-order valence-corrected chi connectivity index (χ0v) is 8.35. The van der Waals surface area contributed by atoms with Gasteiger partial charge in [-0.1, -0.05) is 0 Å². The average Bonchev–Trinajstić information content (AvgIpc) is 2.31. The van der Waals surface area contributed by atoms with E-state index in [4.69, 9.17) is 4.57 Å². The fraction of sp³-hybridized carbons (Fsp3) is 0.667. The second-order valence-electron chi connectivity index (χ2n) is 2.50. The fourth-order valence-electron chi connectivity index (χ4n) is 0.794. The van der Waals surface area contributed by atoms with E-state index in [1.54, 1.807) is 0 Å². The maximum absolute atomic E-state index is 9.91. The van der Waals surface area contributed by atoms with Gasteiger partial charge in [0.2, 0.25) is 0 Å². The van der Waals surface area contributed by atoms with Gasteiger partial charge in [-0.05, 0) is 6.92 Å². The Morgan fingerprint density at radius 3 is 2.00 bits per heavy atom. The van der Waals surface area contributed by atoms with Crippen molar-refractivity contribution < 1.29 is 17.2 Å². The van der Waals surface area contributed by atoms with Gasteiger partial charge < -0.3 is 9.80 Å². The predicted molar refractivity (Wildman–Crippen MR) is 45.1 cm³/mol. The maximum atomic E-state index is 9.91. The lowest BCUT2D eigenvalue weighted by Crippen LogP contribution is -2.21. The molecule has 1 aliphatic heterocycles. The summed E-state index contributed by atoms with van der Waals surface area (Å²) in [5.41, 5.74) is 0. The van der Waals surface area contributed by atoms with Crippen LogP contribution in [0.4, 0.5) is 12.6 Å².